The number of methoxy groups -OCH3 is 1. The van der Waals surface area contributed by atoms with Gasteiger partial charge in [-0.2, -0.15) is 0 Å². The highest BCUT2D eigenvalue weighted by Gasteiger charge is 2.42. The lowest BCUT2D eigenvalue weighted by atomic mass is 9.93. The van der Waals surface area contributed by atoms with Gasteiger partial charge in [0.1, 0.15) is 5.60 Å². The first-order valence-corrected chi connectivity index (χ1v) is 7.46. The maximum Gasteiger partial charge on any atom is 0.255 e. The van der Waals surface area contributed by atoms with Gasteiger partial charge in [-0.15, -0.1) is 0 Å². The normalized spacial score (nSPS) is 18.9. The number of oxime groups is 1. The number of hydrogen-bond acceptors (Lipinski definition) is 5. The molecule has 0 aromatic heterocycles. The number of benzene rings is 1. The van der Waals surface area contributed by atoms with Gasteiger partial charge < -0.3 is 20.0 Å². The second kappa shape index (κ2) is 5.87. The number of carbonyl (C=O) groups excluding carboxylic acids is 1. The van der Waals surface area contributed by atoms with Crippen molar-refractivity contribution in [1.82, 2.24) is 0 Å². The summed E-state index contributed by atoms with van der Waals surface area (Å²) in [5.74, 6) is 0.507. The fourth-order valence-corrected chi connectivity index (χ4v) is 3.08. The third-order valence-electron chi connectivity index (χ3n) is 4.22. The lowest BCUT2D eigenvalue weighted by Gasteiger charge is -2.19. The summed E-state index contributed by atoms with van der Waals surface area (Å²) in [7, 11) is 1.55. The van der Waals surface area contributed by atoms with Crippen LogP contribution >= 0.6 is 0 Å². The van der Waals surface area contributed by atoms with Crippen LogP contribution in [0.25, 0.3) is 0 Å². The zero-order valence-corrected chi connectivity index (χ0v) is 12.6. The van der Waals surface area contributed by atoms with Gasteiger partial charge in [0.05, 0.1) is 12.8 Å². The van der Waals surface area contributed by atoms with E-state index in [0.29, 0.717) is 11.5 Å². The highest BCUT2D eigenvalue weighted by Crippen LogP contribution is 2.41. The van der Waals surface area contributed by atoms with Gasteiger partial charge in [-0.3, -0.25) is 4.79 Å². The van der Waals surface area contributed by atoms with Crippen LogP contribution in [0.3, 0.4) is 0 Å². The topological polar surface area (TPSA) is 83.1 Å². The van der Waals surface area contributed by atoms with Gasteiger partial charge in [0.25, 0.3) is 5.91 Å². The number of rotatable bonds is 5. The minimum atomic E-state index is -0.529. The minimum Gasteiger partial charge on any atom is -0.493 e. The summed E-state index contributed by atoms with van der Waals surface area (Å²) in [6.07, 6.45) is 5.31. The average molecular weight is 304 g/mol. The summed E-state index contributed by atoms with van der Waals surface area (Å²) in [5, 5.41) is 4.26. The summed E-state index contributed by atoms with van der Waals surface area (Å²) in [5.41, 5.74) is 6.85. The van der Waals surface area contributed by atoms with Crippen molar-refractivity contribution < 1.29 is 19.1 Å². The molecule has 0 unspecified atom stereocenters. The van der Waals surface area contributed by atoms with Gasteiger partial charge in [0.2, 0.25) is 0 Å². The molecule has 1 saturated carbocycles. The van der Waals surface area contributed by atoms with Crippen LogP contribution in [0.1, 0.15) is 37.7 Å². The fraction of sp³-hybridized carbons (Fsp3) is 0.500. The van der Waals surface area contributed by atoms with Crippen LogP contribution in [-0.2, 0) is 9.63 Å². The Morgan fingerprint density at radius 3 is 2.82 bits per heavy atom. The molecule has 1 heterocycles. The molecule has 2 N–H and O–H groups in total. The van der Waals surface area contributed by atoms with E-state index >= 15 is 0 Å². The van der Waals surface area contributed by atoms with E-state index in [2.05, 4.69) is 5.16 Å². The van der Waals surface area contributed by atoms with E-state index < -0.39 is 5.91 Å². The quantitative estimate of drug-likeness (QED) is 0.901. The molecule has 0 saturated heterocycles. The van der Waals surface area contributed by atoms with Crippen LogP contribution in [0, 0.1) is 0 Å². The Morgan fingerprint density at radius 2 is 2.14 bits per heavy atom. The number of amides is 1. The molecule has 1 aromatic rings. The largest absolute Gasteiger partial charge is 0.493 e. The monoisotopic (exact) mass is 304 g/mol. The molecule has 0 radical (unpaired) electrons. The Morgan fingerprint density at radius 1 is 1.36 bits per heavy atom. The van der Waals surface area contributed by atoms with Crippen LogP contribution in [0.15, 0.2) is 23.4 Å². The van der Waals surface area contributed by atoms with E-state index in [1.165, 1.54) is 12.8 Å². The minimum absolute atomic E-state index is 0.108. The Labute approximate surface area is 129 Å². The maximum absolute atomic E-state index is 10.9. The molecule has 1 spiro atoms. The molecule has 3 rings (SSSR count). The van der Waals surface area contributed by atoms with Crippen LogP contribution in [-0.4, -0.2) is 30.9 Å². The van der Waals surface area contributed by atoms with Crippen LogP contribution < -0.4 is 15.2 Å². The molecule has 1 amide bonds. The molecule has 6 heteroatoms. The predicted octanol–water partition coefficient (Wildman–Crippen LogP) is 2.00. The Balaban J connectivity index is 1.79. The molecule has 6 nitrogen and oxygen atoms in total. The van der Waals surface area contributed by atoms with E-state index in [-0.39, 0.29) is 12.2 Å². The van der Waals surface area contributed by atoms with Gasteiger partial charge in [0, 0.05) is 12.0 Å². The van der Waals surface area contributed by atoms with E-state index in [0.717, 1.165) is 30.5 Å². The number of carbonyl (C=O) groups is 1. The smallest absolute Gasteiger partial charge is 0.255 e. The molecule has 1 aliphatic carbocycles. The SMILES string of the molecule is COc1ccc(C2=NOC3(CCCC3)C2)cc1OCC(N)=O. The summed E-state index contributed by atoms with van der Waals surface area (Å²) < 4.78 is 10.7. The number of nitrogens with zero attached hydrogens (tertiary/aromatic N) is 1. The molecule has 1 aliphatic heterocycles. The van der Waals surface area contributed by atoms with Crippen LogP contribution in [0.5, 0.6) is 11.5 Å². The summed E-state index contributed by atoms with van der Waals surface area (Å²) in [4.78, 5) is 16.6. The molecule has 1 aromatic carbocycles. The summed E-state index contributed by atoms with van der Waals surface area (Å²) in [6.45, 7) is -0.188. The van der Waals surface area contributed by atoms with Crippen molar-refractivity contribution in [3.63, 3.8) is 0 Å². The second-order valence-electron chi connectivity index (χ2n) is 5.82. The van der Waals surface area contributed by atoms with Gasteiger partial charge in [-0.25, -0.2) is 0 Å². The van der Waals surface area contributed by atoms with Crippen molar-refractivity contribution >= 4 is 11.6 Å². The third kappa shape index (κ3) is 2.86. The third-order valence-corrected chi connectivity index (χ3v) is 4.22. The Kier molecular flexibility index (Phi) is 3.92. The number of ether oxygens (including phenoxy) is 2. The van der Waals surface area contributed by atoms with E-state index in [9.17, 15) is 4.79 Å². The van der Waals surface area contributed by atoms with Crippen LogP contribution in [0.2, 0.25) is 0 Å². The van der Waals surface area contributed by atoms with Crippen molar-refractivity contribution in [3.8, 4) is 11.5 Å². The first-order valence-electron chi connectivity index (χ1n) is 7.46. The standard InChI is InChI=1S/C16H20N2O4/c1-20-13-5-4-11(8-14(13)21-10-15(17)19)12-9-16(22-18-12)6-2-3-7-16/h4-5,8H,2-3,6-7,9-10H2,1H3,(H2,17,19). The van der Waals surface area contributed by atoms with Crippen molar-refractivity contribution in [1.29, 1.82) is 0 Å². The molecule has 22 heavy (non-hydrogen) atoms. The van der Waals surface area contributed by atoms with Gasteiger partial charge in [-0.1, -0.05) is 5.16 Å². The Hall–Kier alpha value is -2.24. The van der Waals surface area contributed by atoms with Crippen molar-refractivity contribution in [3.05, 3.63) is 23.8 Å². The number of hydrogen-bond donors (Lipinski definition) is 1. The number of nitrogens with two attached hydrogens (primary N) is 1. The van der Waals surface area contributed by atoms with Crippen molar-refractivity contribution in [2.75, 3.05) is 13.7 Å². The summed E-state index contributed by atoms with van der Waals surface area (Å²) in [6, 6.07) is 5.54. The zero-order valence-electron chi connectivity index (χ0n) is 12.6. The lowest BCUT2D eigenvalue weighted by Crippen LogP contribution is -2.24. The molecule has 2 aliphatic rings. The van der Waals surface area contributed by atoms with Gasteiger partial charge in [0.15, 0.2) is 18.1 Å². The first-order chi connectivity index (χ1) is 10.6. The second-order valence-corrected chi connectivity index (χ2v) is 5.82. The first kappa shape index (κ1) is 14.7. The van der Waals surface area contributed by atoms with Crippen LogP contribution in [0.4, 0.5) is 0 Å². The average Bonchev–Trinajstić information content (AvgIpc) is 3.15. The zero-order chi connectivity index (χ0) is 15.6. The number of primary amides is 1. The maximum atomic E-state index is 10.9. The lowest BCUT2D eigenvalue weighted by molar-refractivity contribution is -0.119. The van der Waals surface area contributed by atoms with E-state index in [4.69, 9.17) is 20.0 Å². The summed E-state index contributed by atoms with van der Waals surface area (Å²) >= 11 is 0. The highest BCUT2D eigenvalue weighted by atomic mass is 16.7. The molecular formula is C16H20N2O4. The van der Waals surface area contributed by atoms with E-state index in [1.807, 2.05) is 12.1 Å². The molecule has 118 valence electrons. The van der Waals surface area contributed by atoms with Crippen molar-refractivity contribution in [2.45, 2.75) is 37.7 Å². The Bertz CT molecular complexity index is 606. The molecule has 0 bridgehead atoms. The van der Waals surface area contributed by atoms with Gasteiger partial charge >= 0.3 is 0 Å². The highest BCUT2D eigenvalue weighted by molar-refractivity contribution is 6.02. The van der Waals surface area contributed by atoms with Crippen molar-refractivity contribution in [2.24, 2.45) is 10.9 Å². The fourth-order valence-electron chi connectivity index (χ4n) is 3.08. The molecule has 1 fully saturated rings. The molecular weight excluding hydrogens is 284 g/mol. The van der Waals surface area contributed by atoms with Gasteiger partial charge in [-0.05, 0) is 43.9 Å². The van der Waals surface area contributed by atoms with E-state index in [1.54, 1.807) is 13.2 Å². The molecule has 0 atom stereocenters. The predicted molar refractivity (Wildman–Crippen MR) is 81.1 cm³/mol.